The molecule has 246 valence electrons. The zero-order valence-corrected chi connectivity index (χ0v) is 26.7. The fraction of sp³-hybridized carbons (Fsp3) is 0.613. The molecule has 1 aliphatic carbocycles. The second kappa shape index (κ2) is 12.5. The number of hydrogen-bond donors (Lipinski definition) is 1. The van der Waals surface area contributed by atoms with Crippen molar-refractivity contribution in [2.24, 2.45) is 5.41 Å². The van der Waals surface area contributed by atoms with Gasteiger partial charge in [0.1, 0.15) is 5.82 Å². The van der Waals surface area contributed by atoms with Gasteiger partial charge in [0.05, 0.1) is 45.4 Å². The maximum atomic E-state index is 14.7. The van der Waals surface area contributed by atoms with Gasteiger partial charge >= 0.3 is 12.1 Å². The van der Waals surface area contributed by atoms with Gasteiger partial charge in [-0.3, -0.25) is 24.0 Å². The molecule has 0 radical (unpaired) electrons. The van der Waals surface area contributed by atoms with E-state index in [9.17, 15) is 37.1 Å². The van der Waals surface area contributed by atoms with Gasteiger partial charge in [0.2, 0.25) is 0 Å². The summed E-state index contributed by atoms with van der Waals surface area (Å²) < 4.78 is 58.8. The van der Waals surface area contributed by atoms with E-state index in [-0.39, 0.29) is 59.4 Å². The lowest BCUT2D eigenvalue weighted by molar-refractivity contribution is -0.152. The third kappa shape index (κ3) is 6.47. The Morgan fingerprint density at radius 3 is 2.09 bits per heavy atom. The predicted octanol–water partition coefficient (Wildman–Crippen LogP) is 7.28. The van der Waals surface area contributed by atoms with Crippen LogP contribution in [0.5, 0.6) is 0 Å². The summed E-state index contributed by atoms with van der Waals surface area (Å²) in [6.45, 7) is 5.11. The monoisotopic (exact) mass is 674 g/mol. The molecule has 3 heterocycles. The summed E-state index contributed by atoms with van der Waals surface area (Å²) in [5, 5.41) is 13.1. The number of carbonyl (C=O) groups is 3. The highest BCUT2D eigenvalue weighted by atomic mass is 35.5. The highest BCUT2D eigenvalue weighted by Crippen LogP contribution is 2.44. The quantitative estimate of drug-likeness (QED) is 0.234. The Bertz CT molecular complexity index is 1450. The number of carboxylic acids is 1. The van der Waals surface area contributed by atoms with Crippen LogP contribution in [0.4, 0.5) is 17.6 Å². The summed E-state index contributed by atoms with van der Waals surface area (Å²) in [6.07, 6.45) is -0.813. The van der Waals surface area contributed by atoms with Crippen molar-refractivity contribution in [2.75, 3.05) is 6.54 Å². The third-order valence-corrected chi connectivity index (χ3v) is 10.5. The van der Waals surface area contributed by atoms with Crippen molar-refractivity contribution in [3.8, 4) is 0 Å². The van der Waals surface area contributed by atoms with Crippen molar-refractivity contribution < 1.29 is 37.1 Å². The number of nitrogens with zero attached hydrogens (tertiary/aromatic N) is 4. The van der Waals surface area contributed by atoms with Crippen molar-refractivity contribution in [3.63, 3.8) is 0 Å². The largest absolute Gasteiger partial charge is 0.481 e. The standard InChI is InChI=1S/C31H36Cl2F4N4O4/c1-16(2)40-19-4-5-20(40)13-21(12-19)39(15-25(42)26-23(32)10-17(34)11-24(26)33)28(43)22-14-38-41(27(22)31(35,36)37)18-6-8-30(3,9-7-18)29(44)45/h10-11,14,16,18-21H,4-9,12-13,15H2,1-3H3,(H,44,45). The normalized spacial score (nSPS) is 27.2. The zero-order valence-electron chi connectivity index (χ0n) is 25.2. The number of alkyl halides is 3. The van der Waals surface area contributed by atoms with Crippen molar-refractivity contribution in [1.29, 1.82) is 0 Å². The van der Waals surface area contributed by atoms with Crippen LogP contribution in [0.25, 0.3) is 0 Å². The van der Waals surface area contributed by atoms with Crippen LogP contribution in [0.2, 0.25) is 10.0 Å². The Balaban J connectivity index is 1.51. The molecule has 2 atom stereocenters. The van der Waals surface area contributed by atoms with Crippen LogP contribution in [0, 0.1) is 11.2 Å². The molecule has 14 heteroatoms. The number of aliphatic carboxylic acids is 1. The summed E-state index contributed by atoms with van der Waals surface area (Å²) in [7, 11) is 0. The number of halogens is 6. The Morgan fingerprint density at radius 1 is 1.04 bits per heavy atom. The maximum absolute atomic E-state index is 14.7. The molecule has 3 aliphatic rings. The number of fused-ring (bicyclic) bond motifs is 2. The molecule has 2 saturated heterocycles. The molecule has 8 nitrogen and oxygen atoms in total. The number of carbonyl (C=O) groups excluding carboxylic acids is 2. The molecule has 3 fully saturated rings. The van der Waals surface area contributed by atoms with E-state index in [1.807, 2.05) is 0 Å². The molecule has 5 rings (SSSR count). The minimum atomic E-state index is -4.96. The van der Waals surface area contributed by atoms with Crippen LogP contribution in [-0.2, 0) is 11.0 Å². The molecule has 1 N–H and O–H groups in total. The summed E-state index contributed by atoms with van der Waals surface area (Å²) in [6, 6.07) is 0.939. The van der Waals surface area contributed by atoms with Gasteiger partial charge in [0, 0.05) is 24.2 Å². The lowest BCUT2D eigenvalue weighted by Crippen LogP contribution is -2.55. The summed E-state index contributed by atoms with van der Waals surface area (Å²) in [4.78, 5) is 43.1. The van der Waals surface area contributed by atoms with Gasteiger partial charge in [-0.1, -0.05) is 23.2 Å². The lowest BCUT2D eigenvalue weighted by atomic mass is 9.74. The van der Waals surface area contributed by atoms with E-state index >= 15 is 0 Å². The summed E-state index contributed by atoms with van der Waals surface area (Å²) >= 11 is 12.3. The highest BCUT2D eigenvalue weighted by molar-refractivity contribution is 6.40. The van der Waals surface area contributed by atoms with E-state index < -0.39 is 65.0 Å². The Labute approximate surface area is 268 Å². The number of aromatic nitrogens is 2. The predicted molar refractivity (Wildman–Crippen MR) is 159 cm³/mol. The fourth-order valence-electron chi connectivity index (χ4n) is 7.62. The van der Waals surface area contributed by atoms with Crippen LogP contribution in [-0.4, -0.2) is 73.1 Å². The van der Waals surface area contributed by atoms with E-state index in [1.165, 1.54) is 4.90 Å². The molecular weight excluding hydrogens is 639 g/mol. The van der Waals surface area contributed by atoms with Crippen molar-refractivity contribution >= 4 is 40.9 Å². The van der Waals surface area contributed by atoms with Crippen LogP contribution < -0.4 is 0 Å². The Morgan fingerprint density at radius 2 is 1.60 bits per heavy atom. The summed E-state index contributed by atoms with van der Waals surface area (Å²) in [5.74, 6) is -3.49. The number of Topliss-reactive ketones (excluding diaryl/α,β-unsaturated/α-hetero) is 1. The molecule has 0 spiro atoms. The Hall–Kier alpha value is -2.70. The van der Waals surface area contributed by atoms with Gasteiger partial charge in [-0.15, -0.1) is 0 Å². The van der Waals surface area contributed by atoms with E-state index in [2.05, 4.69) is 23.8 Å². The SMILES string of the molecule is CC(C)N1C2CCC1CC(N(CC(=O)c1c(Cl)cc(F)cc1Cl)C(=O)c1cnn(C3CCC(C)(C(=O)O)CC3)c1C(F)(F)F)C2. The number of rotatable bonds is 8. The Kier molecular flexibility index (Phi) is 9.34. The second-order valence-electron chi connectivity index (χ2n) is 13.1. The van der Waals surface area contributed by atoms with E-state index in [1.54, 1.807) is 6.92 Å². The van der Waals surface area contributed by atoms with E-state index in [4.69, 9.17) is 23.2 Å². The third-order valence-electron chi connectivity index (χ3n) is 9.88. The molecule has 1 aromatic heterocycles. The van der Waals surface area contributed by atoms with Crippen LogP contribution in [0.15, 0.2) is 18.3 Å². The molecule has 1 aromatic carbocycles. The van der Waals surface area contributed by atoms with Crippen molar-refractivity contribution in [2.45, 2.75) is 109 Å². The first-order chi connectivity index (χ1) is 21.0. The molecule has 2 bridgehead atoms. The summed E-state index contributed by atoms with van der Waals surface area (Å²) in [5.41, 5.74) is -3.17. The van der Waals surface area contributed by atoms with E-state index in [0.717, 1.165) is 35.9 Å². The van der Waals surface area contributed by atoms with Crippen LogP contribution in [0.3, 0.4) is 0 Å². The molecule has 45 heavy (non-hydrogen) atoms. The number of benzene rings is 1. The first-order valence-corrected chi connectivity index (χ1v) is 15.9. The lowest BCUT2D eigenvalue weighted by Gasteiger charge is -2.45. The van der Waals surface area contributed by atoms with Crippen LogP contribution in [0.1, 0.15) is 105 Å². The molecule has 2 aliphatic heterocycles. The first-order valence-electron chi connectivity index (χ1n) is 15.2. The minimum Gasteiger partial charge on any atom is -0.481 e. The van der Waals surface area contributed by atoms with E-state index in [0.29, 0.717) is 12.8 Å². The van der Waals surface area contributed by atoms with Gasteiger partial charge in [-0.2, -0.15) is 18.3 Å². The number of hydrogen-bond acceptors (Lipinski definition) is 5. The topological polar surface area (TPSA) is 95.7 Å². The highest BCUT2D eigenvalue weighted by Gasteiger charge is 2.48. The van der Waals surface area contributed by atoms with Gasteiger partial charge in [-0.05, 0) is 84.3 Å². The van der Waals surface area contributed by atoms with Crippen molar-refractivity contribution in [1.82, 2.24) is 19.6 Å². The van der Waals surface area contributed by atoms with Gasteiger partial charge in [-0.25, -0.2) is 4.39 Å². The van der Waals surface area contributed by atoms with Gasteiger partial charge in [0.25, 0.3) is 5.91 Å². The molecule has 2 aromatic rings. The first kappa shape index (κ1) is 33.7. The molecule has 1 saturated carbocycles. The fourth-order valence-corrected chi connectivity index (χ4v) is 8.29. The molecule has 1 amide bonds. The maximum Gasteiger partial charge on any atom is 0.433 e. The zero-order chi connectivity index (χ0) is 33.0. The van der Waals surface area contributed by atoms with Gasteiger partial charge < -0.3 is 10.0 Å². The van der Waals surface area contributed by atoms with Gasteiger partial charge in [0.15, 0.2) is 11.5 Å². The minimum absolute atomic E-state index is 0.0905. The average molecular weight is 676 g/mol. The average Bonchev–Trinajstić information content (AvgIpc) is 3.50. The number of amides is 1. The van der Waals surface area contributed by atoms with Crippen LogP contribution >= 0.6 is 23.2 Å². The molecule has 2 unspecified atom stereocenters. The smallest absolute Gasteiger partial charge is 0.433 e. The number of ketones is 1. The van der Waals surface area contributed by atoms with Crippen molar-refractivity contribution in [3.05, 3.63) is 51.0 Å². The second-order valence-corrected chi connectivity index (χ2v) is 13.9. The molecular formula is C31H36Cl2F4N4O4. The number of piperidine rings is 1. The number of carboxylic acid groups (broad SMARTS) is 1.